The number of halogens is 1. The minimum absolute atomic E-state index is 0.266. The number of anilines is 1. The van der Waals surface area contributed by atoms with Gasteiger partial charge in [0.25, 0.3) is 11.8 Å². The average molecular weight is 392 g/mol. The monoisotopic (exact) mass is 392 g/mol. The van der Waals surface area contributed by atoms with Gasteiger partial charge in [-0.2, -0.15) is 4.98 Å². The highest BCUT2D eigenvalue weighted by Crippen LogP contribution is 2.27. The van der Waals surface area contributed by atoms with Crippen LogP contribution in [0.3, 0.4) is 0 Å². The van der Waals surface area contributed by atoms with Crippen LogP contribution in [-0.2, 0) is 13.1 Å². The van der Waals surface area contributed by atoms with E-state index in [1.54, 1.807) is 6.07 Å². The zero-order valence-corrected chi connectivity index (χ0v) is 16.2. The van der Waals surface area contributed by atoms with E-state index in [1.807, 2.05) is 35.8 Å². The van der Waals surface area contributed by atoms with Crippen molar-refractivity contribution in [1.29, 1.82) is 0 Å². The van der Waals surface area contributed by atoms with Crippen LogP contribution >= 0.6 is 0 Å². The first-order valence-electron chi connectivity index (χ1n) is 9.18. The second-order valence-electron chi connectivity index (χ2n) is 6.63. The molecule has 2 heterocycles. The molecule has 0 aliphatic heterocycles. The van der Waals surface area contributed by atoms with E-state index in [0.29, 0.717) is 24.9 Å². The van der Waals surface area contributed by atoms with Gasteiger partial charge < -0.3 is 15.8 Å². The number of fused-ring (bicyclic) bond motifs is 1. The molecule has 0 aliphatic carbocycles. The summed E-state index contributed by atoms with van der Waals surface area (Å²) in [5.74, 6) is 0.817. The topological polar surface area (TPSA) is 90.9 Å². The maximum Gasteiger partial charge on any atom is 0.276 e. The van der Waals surface area contributed by atoms with Crippen LogP contribution in [0.25, 0.3) is 16.9 Å². The van der Waals surface area contributed by atoms with E-state index in [4.69, 9.17) is 10.5 Å². The summed E-state index contributed by atoms with van der Waals surface area (Å²) < 4.78 is 20.7. The van der Waals surface area contributed by atoms with E-state index < -0.39 is 0 Å². The Balaban J connectivity index is 1.73. The highest BCUT2D eigenvalue weighted by atomic mass is 19.1. The van der Waals surface area contributed by atoms with Crippen molar-refractivity contribution in [3.8, 4) is 11.8 Å². The Morgan fingerprint density at radius 2 is 1.97 bits per heavy atom. The lowest BCUT2D eigenvalue weighted by molar-refractivity contribution is 0.391. The number of nitrogens with zero attached hydrogens (tertiary/aromatic N) is 4. The first-order chi connectivity index (χ1) is 14.1. The van der Waals surface area contributed by atoms with E-state index in [2.05, 4.69) is 26.6 Å². The Hall–Kier alpha value is -3.52. The van der Waals surface area contributed by atoms with Crippen LogP contribution in [0.15, 0.2) is 48.5 Å². The summed E-state index contributed by atoms with van der Waals surface area (Å²) >= 11 is 0. The highest BCUT2D eigenvalue weighted by Gasteiger charge is 2.16. The summed E-state index contributed by atoms with van der Waals surface area (Å²) in [6.07, 6.45) is 0. The Morgan fingerprint density at radius 3 is 2.72 bits per heavy atom. The predicted molar refractivity (Wildman–Crippen MR) is 110 cm³/mol. The SMILES string of the molecule is COc1nnc(-n2c(C)cc3c(CN)cccc32)nc1NCc1cccc(F)c1. The molecule has 0 fully saturated rings. The standard InChI is InChI=1S/C21H21FN6O/c1-13-9-17-15(11-23)6-4-8-18(17)28(13)21-25-19(20(29-2)26-27-21)24-12-14-5-3-7-16(22)10-14/h3-10H,11-12,23H2,1-2H3,(H,24,25,27). The molecule has 0 spiro atoms. The first kappa shape index (κ1) is 18.8. The first-order valence-corrected chi connectivity index (χ1v) is 9.18. The molecule has 2 aromatic heterocycles. The lowest BCUT2D eigenvalue weighted by Gasteiger charge is -2.12. The minimum atomic E-state index is -0.289. The lowest BCUT2D eigenvalue weighted by atomic mass is 10.1. The quantitative estimate of drug-likeness (QED) is 0.523. The average Bonchev–Trinajstić information content (AvgIpc) is 3.08. The van der Waals surface area contributed by atoms with Gasteiger partial charge in [-0.05, 0) is 42.3 Å². The van der Waals surface area contributed by atoms with Gasteiger partial charge in [-0.15, -0.1) is 10.2 Å². The van der Waals surface area contributed by atoms with Crippen LogP contribution < -0.4 is 15.8 Å². The number of aromatic nitrogens is 4. The molecular formula is C21H21FN6O. The summed E-state index contributed by atoms with van der Waals surface area (Å²) in [5, 5.41) is 12.6. The highest BCUT2D eigenvalue weighted by molar-refractivity contribution is 5.86. The molecule has 29 heavy (non-hydrogen) atoms. The van der Waals surface area contributed by atoms with Crippen LogP contribution in [0.1, 0.15) is 16.8 Å². The van der Waals surface area contributed by atoms with Crippen molar-refractivity contribution in [2.75, 3.05) is 12.4 Å². The number of methoxy groups -OCH3 is 1. The molecule has 4 aromatic rings. The van der Waals surface area contributed by atoms with Gasteiger partial charge in [0.2, 0.25) is 0 Å². The number of hydrogen-bond acceptors (Lipinski definition) is 6. The fourth-order valence-electron chi connectivity index (χ4n) is 3.36. The Labute approximate surface area is 167 Å². The van der Waals surface area contributed by atoms with E-state index in [-0.39, 0.29) is 11.7 Å². The predicted octanol–water partition coefficient (Wildman–Crippen LogP) is 3.34. The second kappa shape index (κ2) is 7.84. The molecule has 8 heteroatoms. The normalized spacial score (nSPS) is 11.0. The number of benzene rings is 2. The molecule has 0 amide bonds. The van der Waals surface area contributed by atoms with E-state index in [1.165, 1.54) is 19.2 Å². The van der Waals surface area contributed by atoms with Crippen LogP contribution in [0, 0.1) is 12.7 Å². The van der Waals surface area contributed by atoms with E-state index in [0.717, 1.165) is 27.7 Å². The fourth-order valence-corrected chi connectivity index (χ4v) is 3.36. The fraction of sp³-hybridized carbons (Fsp3) is 0.190. The molecule has 0 unspecified atom stereocenters. The third-order valence-electron chi connectivity index (χ3n) is 4.73. The lowest BCUT2D eigenvalue weighted by Crippen LogP contribution is -2.11. The van der Waals surface area contributed by atoms with Crippen molar-refractivity contribution in [2.45, 2.75) is 20.0 Å². The van der Waals surface area contributed by atoms with Crippen molar-refractivity contribution >= 4 is 16.7 Å². The Kier molecular flexibility index (Phi) is 5.09. The molecule has 7 nitrogen and oxygen atoms in total. The molecule has 148 valence electrons. The zero-order chi connectivity index (χ0) is 20.4. The van der Waals surface area contributed by atoms with Crippen LogP contribution in [0.5, 0.6) is 5.88 Å². The second-order valence-corrected chi connectivity index (χ2v) is 6.63. The molecule has 0 atom stereocenters. The summed E-state index contributed by atoms with van der Waals surface area (Å²) in [6, 6.07) is 14.4. The Bertz CT molecular complexity index is 1170. The van der Waals surface area contributed by atoms with Gasteiger partial charge in [-0.25, -0.2) is 4.39 Å². The molecule has 2 aromatic carbocycles. The molecule has 3 N–H and O–H groups in total. The van der Waals surface area contributed by atoms with E-state index in [9.17, 15) is 4.39 Å². The van der Waals surface area contributed by atoms with Crippen molar-refractivity contribution in [3.05, 3.63) is 71.2 Å². The Morgan fingerprint density at radius 1 is 1.14 bits per heavy atom. The number of nitrogens with one attached hydrogen (secondary N) is 1. The maximum atomic E-state index is 13.4. The molecule has 0 saturated carbocycles. The van der Waals surface area contributed by atoms with Gasteiger partial charge in [0, 0.05) is 24.2 Å². The van der Waals surface area contributed by atoms with Gasteiger partial charge in [0.1, 0.15) is 5.82 Å². The molecule has 0 bridgehead atoms. The van der Waals surface area contributed by atoms with Crippen molar-refractivity contribution < 1.29 is 9.13 Å². The summed E-state index contributed by atoms with van der Waals surface area (Å²) in [5.41, 5.74) is 9.62. The van der Waals surface area contributed by atoms with Crippen LogP contribution in [0.2, 0.25) is 0 Å². The largest absolute Gasteiger partial charge is 0.477 e. The number of aryl methyl sites for hydroxylation is 1. The maximum absolute atomic E-state index is 13.4. The molecule has 0 aliphatic rings. The third kappa shape index (κ3) is 3.62. The molecule has 4 rings (SSSR count). The molecular weight excluding hydrogens is 371 g/mol. The minimum Gasteiger partial charge on any atom is -0.477 e. The number of hydrogen-bond donors (Lipinski definition) is 2. The molecule has 0 saturated heterocycles. The zero-order valence-electron chi connectivity index (χ0n) is 16.2. The van der Waals surface area contributed by atoms with E-state index >= 15 is 0 Å². The number of nitrogens with two attached hydrogens (primary N) is 1. The van der Waals surface area contributed by atoms with Gasteiger partial charge in [-0.3, -0.25) is 4.57 Å². The van der Waals surface area contributed by atoms with Crippen LogP contribution in [0.4, 0.5) is 10.2 Å². The van der Waals surface area contributed by atoms with Gasteiger partial charge in [0.15, 0.2) is 5.82 Å². The van der Waals surface area contributed by atoms with Crippen LogP contribution in [-0.4, -0.2) is 26.9 Å². The van der Waals surface area contributed by atoms with Gasteiger partial charge in [0.05, 0.1) is 12.6 Å². The summed E-state index contributed by atoms with van der Waals surface area (Å²) in [7, 11) is 1.50. The van der Waals surface area contributed by atoms with Gasteiger partial charge >= 0.3 is 0 Å². The third-order valence-corrected chi connectivity index (χ3v) is 4.73. The van der Waals surface area contributed by atoms with Gasteiger partial charge in [-0.1, -0.05) is 24.3 Å². The smallest absolute Gasteiger partial charge is 0.276 e. The summed E-state index contributed by atoms with van der Waals surface area (Å²) in [4.78, 5) is 4.62. The summed E-state index contributed by atoms with van der Waals surface area (Å²) in [6.45, 7) is 2.80. The molecule has 0 radical (unpaired) electrons. The van der Waals surface area contributed by atoms with Crippen molar-refractivity contribution in [1.82, 2.24) is 19.7 Å². The number of ether oxygens (including phenoxy) is 1. The van der Waals surface area contributed by atoms with Crippen molar-refractivity contribution in [3.63, 3.8) is 0 Å². The van der Waals surface area contributed by atoms with Crippen molar-refractivity contribution in [2.24, 2.45) is 5.73 Å². The number of rotatable bonds is 6.